The molecule has 0 heterocycles. The Hall–Kier alpha value is -4.74. The normalized spacial score (nSPS) is 10.9. The Balaban J connectivity index is 1.90. The van der Waals surface area contributed by atoms with Crippen LogP contribution in [0.15, 0.2) is 48.5 Å². The summed E-state index contributed by atoms with van der Waals surface area (Å²) in [5.74, 6) is -2.65. The molecule has 0 spiro atoms. The Kier molecular flexibility index (Phi) is 9.46. The molecule has 0 aliphatic carbocycles. The van der Waals surface area contributed by atoms with Gasteiger partial charge in [-0.1, -0.05) is 12.1 Å². The van der Waals surface area contributed by atoms with Crippen LogP contribution in [0.5, 0.6) is 5.75 Å². The van der Waals surface area contributed by atoms with Crippen molar-refractivity contribution in [3.63, 3.8) is 0 Å². The molecule has 0 fully saturated rings. The molecule has 2 rings (SSSR count). The van der Waals surface area contributed by atoms with Crippen molar-refractivity contribution in [1.29, 1.82) is 5.41 Å². The predicted molar refractivity (Wildman–Crippen MR) is 120 cm³/mol. The monoisotopic (exact) mass is 485 g/mol. The topological polar surface area (TPSA) is 181 Å². The van der Waals surface area contributed by atoms with Crippen molar-refractivity contribution in [3.8, 4) is 5.75 Å². The van der Waals surface area contributed by atoms with Gasteiger partial charge in [0.2, 0.25) is 6.79 Å². The molecule has 1 atom stereocenters. The summed E-state index contributed by atoms with van der Waals surface area (Å²) in [5.41, 5.74) is 0.798. The van der Waals surface area contributed by atoms with E-state index in [-0.39, 0.29) is 22.7 Å². The number of rotatable bonds is 10. The summed E-state index contributed by atoms with van der Waals surface area (Å²) >= 11 is 0. The van der Waals surface area contributed by atoms with Gasteiger partial charge in [-0.3, -0.25) is 25.1 Å². The predicted octanol–water partition coefficient (Wildman–Crippen LogP) is 1.72. The van der Waals surface area contributed by atoms with Crippen LogP contribution < -0.4 is 15.4 Å². The van der Waals surface area contributed by atoms with E-state index >= 15 is 0 Å². The number of carbonyl (C=O) groups excluding carboxylic acids is 4. The molecule has 4 N–H and O–H groups in total. The number of amides is 2. The Morgan fingerprint density at radius 2 is 1.49 bits per heavy atom. The minimum atomic E-state index is -1.12. The third-order valence-electron chi connectivity index (χ3n) is 4.36. The van der Waals surface area contributed by atoms with Crippen LogP contribution in [-0.2, 0) is 19.1 Å². The number of ketones is 1. The first-order valence-electron chi connectivity index (χ1n) is 10.1. The van der Waals surface area contributed by atoms with Crippen LogP contribution in [0.2, 0.25) is 0 Å². The van der Waals surface area contributed by atoms with Gasteiger partial charge in [-0.2, -0.15) is 0 Å². The van der Waals surface area contributed by atoms with Crippen LogP contribution in [0.1, 0.15) is 40.1 Å². The number of ether oxygens (including phenoxy) is 3. The summed E-state index contributed by atoms with van der Waals surface area (Å²) in [5, 5.41) is 21.2. The standard InChI is InChI=1S/C23H23N3O9/c1-13(20(30)15-7-9-18(10-8-15)33-11-19(28)29)25-22(31)17-5-3-16(4-6-17)21(24)26-23(32)35-12-34-14(2)27/h3-10,13H,11-12H2,1-2H3,(H,25,31)(H,28,29)(H2,24,26,32)/t13-/m0/s1. The molecule has 0 aliphatic rings. The van der Waals surface area contributed by atoms with Crippen molar-refractivity contribution in [1.82, 2.24) is 10.6 Å². The van der Waals surface area contributed by atoms with Gasteiger partial charge in [0, 0.05) is 23.6 Å². The molecule has 0 saturated carbocycles. The van der Waals surface area contributed by atoms with Crippen molar-refractivity contribution in [2.45, 2.75) is 19.9 Å². The summed E-state index contributed by atoms with van der Waals surface area (Å²) in [7, 11) is 0. The number of aliphatic carboxylic acids is 1. The maximum Gasteiger partial charge on any atom is 0.415 e. The van der Waals surface area contributed by atoms with Gasteiger partial charge in [0.25, 0.3) is 5.91 Å². The van der Waals surface area contributed by atoms with Crippen LogP contribution >= 0.6 is 0 Å². The van der Waals surface area contributed by atoms with Gasteiger partial charge in [0.15, 0.2) is 12.4 Å². The van der Waals surface area contributed by atoms with Gasteiger partial charge in [-0.05, 0) is 43.3 Å². The lowest BCUT2D eigenvalue weighted by Gasteiger charge is -2.14. The van der Waals surface area contributed by atoms with Gasteiger partial charge < -0.3 is 24.6 Å². The first-order valence-corrected chi connectivity index (χ1v) is 10.1. The molecule has 0 saturated heterocycles. The maximum absolute atomic E-state index is 12.6. The number of carbonyl (C=O) groups is 5. The second kappa shape index (κ2) is 12.5. The lowest BCUT2D eigenvalue weighted by Crippen LogP contribution is -2.38. The molecule has 2 aromatic carbocycles. The summed E-state index contributed by atoms with van der Waals surface area (Å²) in [6, 6.07) is 10.7. The van der Waals surface area contributed by atoms with Gasteiger partial charge in [-0.25, -0.2) is 9.59 Å². The second-order valence-corrected chi connectivity index (χ2v) is 7.03. The van der Waals surface area contributed by atoms with E-state index in [2.05, 4.69) is 20.1 Å². The number of benzene rings is 2. The van der Waals surface area contributed by atoms with Crippen LogP contribution in [-0.4, -0.2) is 60.1 Å². The molecular weight excluding hydrogens is 462 g/mol. The smallest absolute Gasteiger partial charge is 0.415 e. The van der Waals surface area contributed by atoms with Crippen LogP contribution in [0.25, 0.3) is 0 Å². The van der Waals surface area contributed by atoms with Gasteiger partial charge >= 0.3 is 18.0 Å². The highest BCUT2D eigenvalue weighted by Gasteiger charge is 2.19. The number of hydrogen-bond acceptors (Lipinski definition) is 9. The third kappa shape index (κ3) is 8.61. The fourth-order valence-corrected chi connectivity index (χ4v) is 2.62. The summed E-state index contributed by atoms with van der Waals surface area (Å²) in [6.07, 6.45) is -0.994. The SMILES string of the molecule is CC(=O)OCOC(=O)NC(=N)c1ccc(C(=O)N[C@@H](C)C(=O)c2ccc(OCC(=O)O)cc2)cc1. The number of alkyl carbamates (subject to hydrolysis) is 1. The third-order valence-corrected chi connectivity index (χ3v) is 4.36. The lowest BCUT2D eigenvalue weighted by molar-refractivity contribution is -0.149. The molecule has 2 aromatic rings. The molecule has 12 nitrogen and oxygen atoms in total. The number of amidine groups is 1. The molecule has 0 bridgehead atoms. The van der Waals surface area contributed by atoms with Crippen molar-refractivity contribution in [2.75, 3.05) is 13.4 Å². The van der Waals surface area contributed by atoms with E-state index in [0.717, 1.165) is 6.92 Å². The first-order chi connectivity index (χ1) is 16.6. The first kappa shape index (κ1) is 26.5. The minimum Gasteiger partial charge on any atom is -0.482 e. The number of carboxylic acid groups (broad SMARTS) is 1. The molecule has 0 unspecified atom stereocenters. The zero-order chi connectivity index (χ0) is 26.0. The second-order valence-electron chi connectivity index (χ2n) is 7.03. The Morgan fingerprint density at radius 3 is 2.06 bits per heavy atom. The molecule has 2 amide bonds. The summed E-state index contributed by atoms with van der Waals surface area (Å²) < 4.78 is 14.0. The molecule has 12 heteroatoms. The van der Waals surface area contributed by atoms with E-state index in [9.17, 15) is 24.0 Å². The van der Waals surface area contributed by atoms with E-state index in [4.69, 9.17) is 15.3 Å². The maximum atomic E-state index is 12.6. The fraction of sp³-hybridized carbons (Fsp3) is 0.217. The lowest BCUT2D eigenvalue weighted by atomic mass is 10.0. The highest BCUT2D eigenvalue weighted by atomic mass is 16.7. The number of nitrogens with one attached hydrogen (secondary N) is 3. The van der Waals surface area contributed by atoms with E-state index in [1.807, 2.05) is 0 Å². The van der Waals surface area contributed by atoms with E-state index in [1.54, 1.807) is 0 Å². The highest BCUT2D eigenvalue weighted by molar-refractivity contribution is 6.06. The average molecular weight is 485 g/mol. The molecule has 0 aromatic heterocycles. The zero-order valence-electron chi connectivity index (χ0n) is 18.8. The molecular formula is C23H23N3O9. The van der Waals surface area contributed by atoms with Crippen molar-refractivity contribution >= 4 is 35.6 Å². The van der Waals surface area contributed by atoms with Gasteiger partial charge in [0.05, 0.1) is 6.04 Å². The van der Waals surface area contributed by atoms with Crippen molar-refractivity contribution in [2.24, 2.45) is 0 Å². The highest BCUT2D eigenvalue weighted by Crippen LogP contribution is 2.14. The largest absolute Gasteiger partial charge is 0.482 e. The molecule has 184 valence electrons. The van der Waals surface area contributed by atoms with Crippen LogP contribution in [0.3, 0.4) is 0 Å². The average Bonchev–Trinajstić information content (AvgIpc) is 2.82. The zero-order valence-corrected chi connectivity index (χ0v) is 18.8. The molecule has 0 aliphatic heterocycles. The van der Waals surface area contributed by atoms with Gasteiger partial charge in [0.1, 0.15) is 11.6 Å². The van der Waals surface area contributed by atoms with Gasteiger partial charge in [-0.15, -0.1) is 0 Å². The van der Waals surface area contributed by atoms with Crippen molar-refractivity contribution < 1.29 is 43.3 Å². The Morgan fingerprint density at radius 1 is 0.914 bits per heavy atom. The van der Waals surface area contributed by atoms with E-state index < -0.39 is 43.4 Å². The number of esters is 1. The van der Waals surface area contributed by atoms with E-state index in [1.165, 1.54) is 55.5 Å². The minimum absolute atomic E-state index is 0.219. The fourth-order valence-electron chi connectivity index (χ4n) is 2.62. The number of hydrogen-bond donors (Lipinski definition) is 4. The summed E-state index contributed by atoms with van der Waals surface area (Å²) in [4.78, 5) is 57.8. The molecule has 0 radical (unpaired) electrons. The van der Waals surface area contributed by atoms with Crippen molar-refractivity contribution in [3.05, 3.63) is 65.2 Å². The number of carboxylic acids is 1. The number of Topliss-reactive ketones (excluding diaryl/α,β-unsaturated/α-hetero) is 1. The van der Waals surface area contributed by atoms with Crippen LogP contribution in [0.4, 0.5) is 4.79 Å². The quantitative estimate of drug-likeness (QED) is 0.128. The van der Waals surface area contributed by atoms with E-state index in [0.29, 0.717) is 11.3 Å². The Bertz CT molecular complexity index is 1110. The Labute approximate surface area is 199 Å². The molecule has 35 heavy (non-hydrogen) atoms. The summed E-state index contributed by atoms with van der Waals surface area (Å²) in [6.45, 7) is 1.57. The van der Waals surface area contributed by atoms with Crippen LogP contribution in [0, 0.1) is 5.41 Å².